The van der Waals surface area contributed by atoms with Crippen LogP contribution in [-0.4, -0.2) is 46.8 Å². The number of hydrogen-bond donors (Lipinski definition) is 2. The van der Waals surface area contributed by atoms with Crippen LogP contribution in [-0.2, 0) is 9.53 Å². The third kappa shape index (κ3) is 3.10. The highest BCUT2D eigenvalue weighted by Crippen LogP contribution is 2.25. The summed E-state index contributed by atoms with van der Waals surface area (Å²) in [5.74, 6) is -0.291. The van der Waals surface area contributed by atoms with Crippen molar-refractivity contribution < 1.29 is 19.4 Å². The van der Waals surface area contributed by atoms with Crippen LogP contribution in [0.5, 0.6) is 0 Å². The Morgan fingerprint density at radius 3 is 2.31 bits per heavy atom. The number of carbonyl (C=O) groups excluding carboxylic acids is 2. The molecule has 2 amide bonds. The van der Waals surface area contributed by atoms with Gasteiger partial charge in [-0.25, -0.2) is 4.79 Å². The standard InChI is InChI=1S/C10H18N2O4/c1-7(13)8(14)12-5-3-10(2,4-6-12)16-9(11)15/h7,13H,3-6H2,1-2H3,(H2,11,15)/t7-/m0/s1. The second-order valence-corrected chi connectivity index (χ2v) is 4.37. The first kappa shape index (κ1) is 12.8. The molecule has 0 aromatic rings. The summed E-state index contributed by atoms with van der Waals surface area (Å²) in [6.45, 7) is 4.17. The molecule has 0 spiro atoms. The maximum Gasteiger partial charge on any atom is 0.405 e. The summed E-state index contributed by atoms with van der Waals surface area (Å²) in [7, 11) is 0. The lowest BCUT2D eigenvalue weighted by Crippen LogP contribution is -2.50. The number of primary amides is 1. The van der Waals surface area contributed by atoms with Crippen molar-refractivity contribution in [3.63, 3.8) is 0 Å². The Morgan fingerprint density at radius 1 is 1.44 bits per heavy atom. The van der Waals surface area contributed by atoms with E-state index in [9.17, 15) is 9.59 Å². The fraction of sp³-hybridized carbons (Fsp3) is 0.800. The zero-order chi connectivity index (χ0) is 12.3. The quantitative estimate of drug-likeness (QED) is 0.689. The predicted molar refractivity (Wildman–Crippen MR) is 56.6 cm³/mol. The first-order chi connectivity index (χ1) is 7.34. The molecule has 0 unspecified atom stereocenters. The molecule has 0 aromatic heterocycles. The summed E-state index contributed by atoms with van der Waals surface area (Å²) in [6.07, 6.45) is -0.706. The van der Waals surface area contributed by atoms with Gasteiger partial charge in [0, 0.05) is 25.9 Å². The fourth-order valence-corrected chi connectivity index (χ4v) is 1.81. The summed E-state index contributed by atoms with van der Waals surface area (Å²) < 4.78 is 5.01. The van der Waals surface area contributed by atoms with Crippen molar-refractivity contribution in [2.24, 2.45) is 5.73 Å². The van der Waals surface area contributed by atoms with E-state index in [2.05, 4.69) is 0 Å². The lowest BCUT2D eigenvalue weighted by atomic mass is 9.93. The maximum absolute atomic E-state index is 11.5. The van der Waals surface area contributed by atoms with Gasteiger partial charge in [0.15, 0.2) is 0 Å². The molecular weight excluding hydrogens is 212 g/mol. The Hall–Kier alpha value is -1.30. The number of amides is 2. The van der Waals surface area contributed by atoms with Gasteiger partial charge in [-0.05, 0) is 13.8 Å². The molecule has 0 bridgehead atoms. The van der Waals surface area contributed by atoms with Crippen LogP contribution in [0.25, 0.3) is 0 Å². The van der Waals surface area contributed by atoms with Gasteiger partial charge in [-0.15, -0.1) is 0 Å². The monoisotopic (exact) mass is 230 g/mol. The third-order valence-electron chi connectivity index (χ3n) is 2.84. The molecule has 1 heterocycles. The van der Waals surface area contributed by atoms with Gasteiger partial charge in [-0.2, -0.15) is 0 Å². The van der Waals surface area contributed by atoms with Crippen LogP contribution >= 0.6 is 0 Å². The zero-order valence-corrected chi connectivity index (χ0v) is 9.60. The molecule has 1 saturated heterocycles. The Labute approximate surface area is 94.3 Å². The number of nitrogens with two attached hydrogens (primary N) is 1. The molecule has 0 aromatic carbocycles. The molecular formula is C10H18N2O4. The van der Waals surface area contributed by atoms with E-state index in [1.165, 1.54) is 6.92 Å². The largest absolute Gasteiger partial charge is 0.443 e. The lowest BCUT2D eigenvalue weighted by molar-refractivity contribution is -0.142. The summed E-state index contributed by atoms with van der Waals surface area (Å²) in [4.78, 5) is 23.7. The molecule has 1 aliphatic rings. The molecule has 92 valence electrons. The number of likely N-dealkylation sites (tertiary alicyclic amines) is 1. The number of carbonyl (C=O) groups is 2. The Kier molecular flexibility index (Phi) is 3.74. The molecule has 16 heavy (non-hydrogen) atoms. The molecule has 1 atom stereocenters. The third-order valence-corrected chi connectivity index (χ3v) is 2.84. The van der Waals surface area contributed by atoms with Gasteiger partial charge in [-0.1, -0.05) is 0 Å². The number of aliphatic hydroxyl groups is 1. The second-order valence-electron chi connectivity index (χ2n) is 4.37. The van der Waals surface area contributed by atoms with Crippen LogP contribution < -0.4 is 5.73 Å². The Morgan fingerprint density at radius 2 is 1.94 bits per heavy atom. The van der Waals surface area contributed by atoms with Crippen LogP contribution in [0.3, 0.4) is 0 Å². The van der Waals surface area contributed by atoms with E-state index in [4.69, 9.17) is 15.6 Å². The average Bonchev–Trinajstić information content (AvgIpc) is 2.16. The van der Waals surface area contributed by atoms with Crippen molar-refractivity contribution >= 4 is 12.0 Å². The Bertz CT molecular complexity index is 283. The number of hydrogen-bond acceptors (Lipinski definition) is 4. The molecule has 0 aliphatic carbocycles. The van der Waals surface area contributed by atoms with Crippen LogP contribution in [0, 0.1) is 0 Å². The van der Waals surface area contributed by atoms with Crippen molar-refractivity contribution in [3.8, 4) is 0 Å². The van der Waals surface area contributed by atoms with Crippen molar-refractivity contribution in [1.82, 2.24) is 4.90 Å². The van der Waals surface area contributed by atoms with E-state index < -0.39 is 17.8 Å². The minimum absolute atomic E-state index is 0.291. The van der Waals surface area contributed by atoms with E-state index in [1.807, 2.05) is 0 Å². The summed E-state index contributed by atoms with van der Waals surface area (Å²) in [6, 6.07) is 0. The molecule has 0 saturated carbocycles. The van der Waals surface area contributed by atoms with Gasteiger partial charge in [0.2, 0.25) is 0 Å². The van der Waals surface area contributed by atoms with E-state index in [1.54, 1.807) is 11.8 Å². The summed E-state index contributed by atoms with van der Waals surface area (Å²) >= 11 is 0. The van der Waals surface area contributed by atoms with Crippen molar-refractivity contribution in [2.45, 2.75) is 38.4 Å². The number of nitrogens with zero attached hydrogens (tertiary/aromatic N) is 1. The number of ether oxygens (including phenoxy) is 1. The van der Waals surface area contributed by atoms with Gasteiger partial charge in [0.05, 0.1) is 0 Å². The SMILES string of the molecule is C[C@H](O)C(=O)N1CCC(C)(OC(N)=O)CC1. The molecule has 6 heteroatoms. The van der Waals surface area contributed by atoms with Gasteiger partial charge >= 0.3 is 6.09 Å². The molecule has 6 nitrogen and oxygen atoms in total. The normalized spacial score (nSPS) is 21.3. The summed E-state index contributed by atoms with van der Waals surface area (Å²) in [5.41, 5.74) is 4.37. The highest BCUT2D eigenvalue weighted by Gasteiger charge is 2.35. The molecule has 1 aliphatic heterocycles. The smallest absolute Gasteiger partial charge is 0.405 e. The first-order valence-corrected chi connectivity index (χ1v) is 5.29. The zero-order valence-electron chi connectivity index (χ0n) is 9.60. The van der Waals surface area contributed by atoms with E-state index in [0.29, 0.717) is 25.9 Å². The topological polar surface area (TPSA) is 92.9 Å². The predicted octanol–water partition coefficient (Wildman–Crippen LogP) is -0.156. The van der Waals surface area contributed by atoms with Crippen molar-refractivity contribution in [1.29, 1.82) is 0 Å². The first-order valence-electron chi connectivity index (χ1n) is 5.29. The van der Waals surface area contributed by atoms with Gasteiger partial charge in [-0.3, -0.25) is 4.79 Å². The van der Waals surface area contributed by atoms with Crippen molar-refractivity contribution in [2.75, 3.05) is 13.1 Å². The van der Waals surface area contributed by atoms with Crippen LogP contribution in [0.15, 0.2) is 0 Å². The van der Waals surface area contributed by atoms with Gasteiger partial charge < -0.3 is 20.5 Å². The second kappa shape index (κ2) is 4.69. The summed E-state index contributed by atoms with van der Waals surface area (Å²) in [5, 5.41) is 9.15. The van der Waals surface area contributed by atoms with E-state index in [0.717, 1.165) is 0 Å². The minimum atomic E-state index is -0.985. The minimum Gasteiger partial charge on any atom is -0.443 e. The van der Waals surface area contributed by atoms with E-state index in [-0.39, 0.29) is 5.91 Å². The number of aliphatic hydroxyl groups excluding tert-OH is 1. The highest BCUT2D eigenvalue weighted by atomic mass is 16.6. The Balaban J connectivity index is 2.50. The molecule has 1 fully saturated rings. The van der Waals surface area contributed by atoms with E-state index >= 15 is 0 Å². The fourth-order valence-electron chi connectivity index (χ4n) is 1.81. The molecule has 3 N–H and O–H groups in total. The van der Waals surface area contributed by atoms with Crippen LogP contribution in [0.1, 0.15) is 26.7 Å². The lowest BCUT2D eigenvalue weighted by Gasteiger charge is -2.38. The maximum atomic E-state index is 11.5. The van der Waals surface area contributed by atoms with Gasteiger partial charge in [0.25, 0.3) is 5.91 Å². The van der Waals surface area contributed by atoms with Crippen molar-refractivity contribution in [3.05, 3.63) is 0 Å². The molecule has 1 rings (SSSR count). The number of rotatable bonds is 2. The van der Waals surface area contributed by atoms with Crippen LogP contribution in [0.2, 0.25) is 0 Å². The average molecular weight is 230 g/mol. The van der Waals surface area contributed by atoms with Gasteiger partial charge in [0.1, 0.15) is 11.7 Å². The molecule has 0 radical (unpaired) electrons. The number of piperidine rings is 1. The highest BCUT2D eigenvalue weighted by molar-refractivity contribution is 5.80. The van der Waals surface area contributed by atoms with Crippen LogP contribution in [0.4, 0.5) is 4.79 Å².